The molecule has 1 fully saturated rings. The molecule has 1 aliphatic rings. The van der Waals surface area contributed by atoms with Crippen LogP contribution in [-0.4, -0.2) is 44.8 Å². The molecule has 2 heterocycles. The fourth-order valence-electron chi connectivity index (χ4n) is 3.83. The van der Waals surface area contributed by atoms with Crippen LogP contribution in [-0.2, 0) is 26.0 Å². The highest BCUT2D eigenvalue weighted by molar-refractivity contribution is 7.94. The molecule has 2 N–H and O–H groups in total. The van der Waals surface area contributed by atoms with Crippen LogP contribution in [0.4, 0.5) is 11.4 Å². The highest BCUT2D eigenvalue weighted by Gasteiger charge is 2.34. The van der Waals surface area contributed by atoms with E-state index in [0.717, 1.165) is 23.3 Å². The number of ether oxygens (including phenoxy) is 1. The van der Waals surface area contributed by atoms with Gasteiger partial charge in [-0.3, -0.25) is 14.3 Å². The summed E-state index contributed by atoms with van der Waals surface area (Å²) in [7, 11) is -2.05. The molecule has 0 radical (unpaired) electrons. The van der Waals surface area contributed by atoms with Crippen molar-refractivity contribution in [2.75, 3.05) is 23.7 Å². The number of carbonyl (C=O) groups is 2. The Bertz CT molecular complexity index is 1240. The number of methoxy groups -OCH3 is 1. The first-order valence-electron chi connectivity index (χ1n) is 10.8. The second-order valence-electron chi connectivity index (χ2n) is 7.87. The summed E-state index contributed by atoms with van der Waals surface area (Å²) < 4.78 is 32.6. The van der Waals surface area contributed by atoms with Crippen molar-refractivity contribution in [3.8, 4) is 5.75 Å². The SMILES string of the molecule is COc1ccc(NC(=O)[C@@H]2CCCN2C(=O)Cc2ccc(NS(=O)(=O)c3cccs3)cc2)cc1. The standard InChI is InChI=1S/C24H25N3O5S2/c1-32-20-12-10-18(11-13-20)25-24(29)21-4-2-14-27(21)22(28)16-17-6-8-19(9-7-17)26-34(30,31)23-5-3-15-33-23/h3,5-13,15,21,26H,2,4,14,16H2,1H3,(H,25,29)/t21-/m0/s1. The lowest BCUT2D eigenvalue weighted by Crippen LogP contribution is -2.43. The summed E-state index contributed by atoms with van der Waals surface area (Å²) >= 11 is 1.14. The maximum absolute atomic E-state index is 13.0. The van der Waals surface area contributed by atoms with Crippen LogP contribution in [0.1, 0.15) is 18.4 Å². The summed E-state index contributed by atoms with van der Waals surface area (Å²) in [5.41, 5.74) is 1.80. The highest BCUT2D eigenvalue weighted by atomic mass is 32.2. The van der Waals surface area contributed by atoms with Crippen LogP contribution in [0.25, 0.3) is 0 Å². The maximum Gasteiger partial charge on any atom is 0.271 e. The topological polar surface area (TPSA) is 105 Å². The Balaban J connectivity index is 1.36. The first-order valence-corrected chi connectivity index (χ1v) is 13.1. The number of thiophene rings is 1. The molecule has 1 atom stereocenters. The molecule has 2 aromatic carbocycles. The van der Waals surface area contributed by atoms with Crippen molar-refractivity contribution >= 4 is 44.5 Å². The molecule has 1 aromatic heterocycles. The number of sulfonamides is 1. The molecule has 1 aliphatic heterocycles. The van der Waals surface area contributed by atoms with E-state index < -0.39 is 16.1 Å². The maximum atomic E-state index is 13.0. The third kappa shape index (κ3) is 5.57. The van der Waals surface area contributed by atoms with E-state index in [1.54, 1.807) is 72.0 Å². The van der Waals surface area contributed by atoms with Gasteiger partial charge in [0.1, 0.15) is 16.0 Å². The van der Waals surface area contributed by atoms with E-state index in [1.165, 1.54) is 6.07 Å². The van der Waals surface area contributed by atoms with Crippen LogP contribution in [0.2, 0.25) is 0 Å². The average Bonchev–Trinajstić information content (AvgIpc) is 3.54. The van der Waals surface area contributed by atoms with E-state index in [4.69, 9.17) is 4.74 Å². The normalized spacial score (nSPS) is 15.7. The van der Waals surface area contributed by atoms with Crippen LogP contribution < -0.4 is 14.8 Å². The highest BCUT2D eigenvalue weighted by Crippen LogP contribution is 2.23. The van der Waals surface area contributed by atoms with Gasteiger partial charge in [-0.2, -0.15) is 0 Å². The van der Waals surface area contributed by atoms with Crippen molar-refractivity contribution in [3.05, 3.63) is 71.6 Å². The van der Waals surface area contributed by atoms with Gasteiger partial charge in [-0.05, 0) is 66.2 Å². The largest absolute Gasteiger partial charge is 0.497 e. The third-order valence-electron chi connectivity index (χ3n) is 5.55. The Morgan fingerprint density at radius 3 is 2.41 bits per heavy atom. The molecule has 0 spiro atoms. The number of rotatable bonds is 8. The molecule has 8 nitrogen and oxygen atoms in total. The average molecular weight is 500 g/mol. The fourth-order valence-corrected chi connectivity index (χ4v) is 5.88. The number of hydrogen-bond acceptors (Lipinski definition) is 6. The molecule has 2 amide bonds. The fraction of sp³-hybridized carbons (Fsp3) is 0.250. The van der Waals surface area contributed by atoms with Gasteiger partial charge in [0.05, 0.1) is 13.5 Å². The summed E-state index contributed by atoms with van der Waals surface area (Å²) in [6, 6.07) is 16.4. The summed E-state index contributed by atoms with van der Waals surface area (Å²) in [6.45, 7) is 0.526. The van der Waals surface area contributed by atoms with Crippen molar-refractivity contribution in [1.82, 2.24) is 4.90 Å². The monoisotopic (exact) mass is 499 g/mol. The second-order valence-corrected chi connectivity index (χ2v) is 10.7. The van der Waals surface area contributed by atoms with Crippen LogP contribution >= 0.6 is 11.3 Å². The molecule has 0 unspecified atom stereocenters. The summed E-state index contributed by atoms with van der Waals surface area (Å²) in [4.78, 5) is 27.4. The van der Waals surface area contributed by atoms with E-state index >= 15 is 0 Å². The third-order valence-corrected chi connectivity index (χ3v) is 8.33. The summed E-state index contributed by atoms with van der Waals surface area (Å²) in [5.74, 6) is 0.342. The van der Waals surface area contributed by atoms with Crippen molar-refractivity contribution in [3.63, 3.8) is 0 Å². The second kappa shape index (κ2) is 10.3. The predicted octanol–water partition coefficient (Wildman–Crippen LogP) is 3.73. The number of nitrogens with one attached hydrogen (secondary N) is 2. The van der Waals surface area contributed by atoms with Crippen LogP contribution in [0.3, 0.4) is 0 Å². The van der Waals surface area contributed by atoms with Crippen LogP contribution in [0, 0.1) is 0 Å². The van der Waals surface area contributed by atoms with Crippen LogP contribution in [0.15, 0.2) is 70.3 Å². The predicted molar refractivity (Wildman–Crippen MR) is 132 cm³/mol. The van der Waals surface area contributed by atoms with Gasteiger partial charge in [0.25, 0.3) is 10.0 Å². The molecular weight excluding hydrogens is 474 g/mol. The lowest BCUT2D eigenvalue weighted by Gasteiger charge is -2.24. The smallest absolute Gasteiger partial charge is 0.271 e. The Kier molecular flexibility index (Phi) is 7.18. The number of carbonyl (C=O) groups excluding carboxylic acids is 2. The molecule has 10 heteroatoms. The van der Waals surface area contributed by atoms with Crippen molar-refractivity contribution in [1.29, 1.82) is 0 Å². The van der Waals surface area contributed by atoms with Gasteiger partial charge in [0.2, 0.25) is 11.8 Å². The molecule has 34 heavy (non-hydrogen) atoms. The van der Waals surface area contributed by atoms with E-state index in [2.05, 4.69) is 10.0 Å². The van der Waals surface area contributed by atoms with E-state index in [9.17, 15) is 18.0 Å². The molecule has 3 aromatic rings. The molecule has 1 saturated heterocycles. The van der Waals surface area contributed by atoms with Gasteiger partial charge in [0.15, 0.2) is 0 Å². The van der Waals surface area contributed by atoms with E-state index in [-0.39, 0.29) is 22.4 Å². The number of hydrogen-bond donors (Lipinski definition) is 2. The minimum absolute atomic E-state index is 0.129. The minimum atomic E-state index is -3.62. The molecule has 0 saturated carbocycles. The number of benzene rings is 2. The Hall–Kier alpha value is -3.37. The van der Waals surface area contributed by atoms with E-state index in [0.29, 0.717) is 30.1 Å². The molecule has 178 valence electrons. The molecule has 0 bridgehead atoms. The zero-order valence-corrected chi connectivity index (χ0v) is 20.2. The summed E-state index contributed by atoms with van der Waals surface area (Å²) in [5, 5.41) is 4.57. The Morgan fingerprint density at radius 2 is 1.76 bits per heavy atom. The van der Waals surface area contributed by atoms with E-state index in [1.807, 2.05) is 0 Å². The lowest BCUT2D eigenvalue weighted by molar-refractivity contribution is -0.136. The molecule has 4 rings (SSSR count). The van der Waals surface area contributed by atoms with Crippen molar-refractivity contribution in [2.24, 2.45) is 0 Å². The molecule has 0 aliphatic carbocycles. The van der Waals surface area contributed by atoms with Crippen molar-refractivity contribution in [2.45, 2.75) is 29.5 Å². The zero-order valence-electron chi connectivity index (χ0n) is 18.6. The van der Waals surface area contributed by atoms with Gasteiger partial charge in [-0.25, -0.2) is 8.42 Å². The van der Waals surface area contributed by atoms with Gasteiger partial charge in [-0.15, -0.1) is 11.3 Å². The van der Waals surface area contributed by atoms with Gasteiger partial charge < -0.3 is 15.0 Å². The van der Waals surface area contributed by atoms with Gasteiger partial charge >= 0.3 is 0 Å². The number of nitrogens with zero attached hydrogens (tertiary/aromatic N) is 1. The van der Waals surface area contributed by atoms with Crippen LogP contribution in [0.5, 0.6) is 5.75 Å². The number of anilines is 2. The first kappa shape index (κ1) is 23.8. The Morgan fingerprint density at radius 1 is 1.06 bits per heavy atom. The summed E-state index contributed by atoms with van der Waals surface area (Å²) in [6.07, 6.45) is 1.50. The van der Waals surface area contributed by atoms with Gasteiger partial charge in [-0.1, -0.05) is 18.2 Å². The number of amides is 2. The Labute approximate surface area is 202 Å². The lowest BCUT2D eigenvalue weighted by atomic mass is 10.1. The van der Waals surface area contributed by atoms with Crippen molar-refractivity contribution < 1.29 is 22.7 Å². The minimum Gasteiger partial charge on any atom is -0.497 e. The zero-order chi connectivity index (χ0) is 24.1. The van der Waals surface area contributed by atoms with Gasteiger partial charge in [0, 0.05) is 17.9 Å². The number of likely N-dealkylation sites (tertiary alicyclic amines) is 1. The molecular formula is C24H25N3O5S2. The quantitative estimate of drug-likeness (QED) is 0.491. The first-order chi connectivity index (χ1) is 16.4.